The first-order chi connectivity index (χ1) is 7.54. The van der Waals surface area contributed by atoms with Crippen LogP contribution < -0.4 is 5.32 Å². The Balaban J connectivity index is 2.78. The highest BCUT2D eigenvalue weighted by atomic mass is 16.5. The summed E-state index contributed by atoms with van der Waals surface area (Å²) in [5, 5.41) is 3.35. The van der Waals surface area contributed by atoms with Gasteiger partial charge in [-0.2, -0.15) is 0 Å². The van der Waals surface area contributed by atoms with Crippen LogP contribution in [0.5, 0.6) is 0 Å². The summed E-state index contributed by atoms with van der Waals surface area (Å²) in [5.41, 5.74) is 1.52. The summed E-state index contributed by atoms with van der Waals surface area (Å²) in [6.07, 6.45) is 0. The fourth-order valence-electron chi connectivity index (χ4n) is 1.28. The summed E-state index contributed by atoms with van der Waals surface area (Å²) in [6, 6.07) is 7.72. The maximum absolute atomic E-state index is 11.3. The average molecular weight is 221 g/mol. The van der Waals surface area contributed by atoms with Gasteiger partial charge in [0.15, 0.2) is 0 Å². The van der Waals surface area contributed by atoms with E-state index in [0.717, 1.165) is 5.69 Å². The highest BCUT2D eigenvalue weighted by Crippen LogP contribution is 2.15. The van der Waals surface area contributed by atoms with E-state index in [1.807, 2.05) is 18.2 Å². The Labute approximate surface area is 96.8 Å². The van der Waals surface area contributed by atoms with Crippen molar-refractivity contribution in [3.8, 4) is 0 Å². The SMILES string of the molecule is COC(=O)c1cccc(NC(C)C(C)C)c1. The summed E-state index contributed by atoms with van der Waals surface area (Å²) in [6.45, 7) is 6.43. The highest BCUT2D eigenvalue weighted by molar-refractivity contribution is 5.90. The molecule has 0 heterocycles. The molecule has 1 aromatic carbocycles. The second-order valence-corrected chi connectivity index (χ2v) is 4.25. The molecule has 0 aliphatic heterocycles. The predicted molar refractivity (Wildman–Crippen MR) is 65.7 cm³/mol. The van der Waals surface area contributed by atoms with Crippen molar-refractivity contribution < 1.29 is 9.53 Å². The van der Waals surface area contributed by atoms with Crippen LogP contribution >= 0.6 is 0 Å². The number of hydrogen-bond donors (Lipinski definition) is 1. The van der Waals surface area contributed by atoms with Gasteiger partial charge >= 0.3 is 5.97 Å². The molecular formula is C13H19NO2. The summed E-state index contributed by atoms with van der Waals surface area (Å²) < 4.78 is 4.68. The van der Waals surface area contributed by atoms with Gasteiger partial charge in [0.2, 0.25) is 0 Å². The lowest BCUT2D eigenvalue weighted by Crippen LogP contribution is -2.21. The molecule has 3 heteroatoms. The zero-order chi connectivity index (χ0) is 12.1. The van der Waals surface area contributed by atoms with E-state index < -0.39 is 0 Å². The Hall–Kier alpha value is -1.51. The van der Waals surface area contributed by atoms with Crippen molar-refractivity contribution >= 4 is 11.7 Å². The van der Waals surface area contributed by atoms with Crippen LogP contribution in [0.25, 0.3) is 0 Å². The Morgan fingerprint density at radius 1 is 1.31 bits per heavy atom. The highest BCUT2D eigenvalue weighted by Gasteiger charge is 2.09. The van der Waals surface area contributed by atoms with E-state index >= 15 is 0 Å². The lowest BCUT2D eigenvalue weighted by Gasteiger charge is -2.19. The topological polar surface area (TPSA) is 38.3 Å². The lowest BCUT2D eigenvalue weighted by atomic mass is 10.1. The molecule has 1 unspecified atom stereocenters. The number of ether oxygens (including phenoxy) is 1. The Bertz CT molecular complexity index is 361. The predicted octanol–water partition coefficient (Wildman–Crippen LogP) is 2.93. The smallest absolute Gasteiger partial charge is 0.337 e. The van der Waals surface area contributed by atoms with Crippen LogP contribution in [0.15, 0.2) is 24.3 Å². The second kappa shape index (κ2) is 5.54. The molecule has 0 saturated carbocycles. The van der Waals surface area contributed by atoms with Crippen LogP contribution in [0.2, 0.25) is 0 Å². The van der Waals surface area contributed by atoms with Crippen molar-refractivity contribution in [2.24, 2.45) is 5.92 Å². The number of esters is 1. The van der Waals surface area contributed by atoms with Crippen molar-refractivity contribution in [2.45, 2.75) is 26.8 Å². The number of anilines is 1. The number of carbonyl (C=O) groups excluding carboxylic acids is 1. The lowest BCUT2D eigenvalue weighted by molar-refractivity contribution is 0.0601. The average Bonchev–Trinajstić information content (AvgIpc) is 2.28. The van der Waals surface area contributed by atoms with Crippen molar-refractivity contribution in [2.75, 3.05) is 12.4 Å². The molecule has 0 aliphatic rings. The zero-order valence-corrected chi connectivity index (χ0v) is 10.3. The molecule has 0 radical (unpaired) electrons. The fraction of sp³-hybridized carbons (Fsp3) is 0.462. The van der Waals surface area contributed by atoms with E-state index in [-0.39, 0.29) is 5.97 Å². The third kappa shape index (κ3) is 3.26. The number of nitrogens with one attached hydrogen (secondary N) is 1. The minimum absolute atomic E-state index is 0.305. The standard InChI is InChI=1S/C13H19NO2/c1-9(2)10(3)14-12-7-5-6-11(8-12)13(15)16-4/h5-10,14H,1-4H3. The third-order valence-corrected chi connectivity index (χ3v) is 2.68. The van der Waals surface area contributed by atoms with Crippen molar-refractivity contribution in [1.29, 1.82) is 0 Å². The summed E-state index contributed by atoms with van der Waals surface area (Å²) in [4.78, 5) is 11.3. The molecule has 0 saturated heterocycles. The van der Waals surface area contributed by atoms with E-state index in [1.54, 1.807) is 6.07 Å². The Morgan fingerprint density at radius 2 is 2.00 bits per heavy atom. The first-order valence-electron chi connectivity index (χ1n) is 5.49. The first kappa shape index (κ1) is 12.6. The molecular weight excluding hydrogens is 202 g/mol. The molecule has 0 aliphatic carbocycles. The summed E-state index contributed by atoms with van der Waals surface area (Å²) in [5.74, 6) is 0.239. The van der Waals surface area contributed by atoms with Crippen LogP contribution in [-0.4, -0.2) is 19.1 Å². The molecule has 88 valence electrons. The van der Waals surface area contributed by atoms with E-state index in [9.17, 15) is 4.79 Å². The van der Waals surface area contributed by atoms with Crippen molar-refractivity contribution in [3.63, 3.8) is 0 Å². The largest absolute Gasteiger partial charge is 0.465 e. The summed E-state index contributed by atoms with van der Waals surface area (Å²) in [7, 11) is 1.39. The normalized spacial score (nSPS) is 12.3. The minimum Gasteiger partial charge on any atom is -0.465 e. The van der Waals surface area contributed by atoms with E-state index in [4.69, 9.17) is 0 Å². The quantitative estimate of drug-likeness (QED) is 0.794. The molecule has 3 nitrogen and oxygen atoms in total. The third-order valence-electron chi connectivity index (χ3n) is 2.68. The van der Waals surface area contributed by atoms with Gasteiger partial charge in [0.05, 0.1) is 12.7 Å². The maximum Gasteiger partial charge on any atom is 0.337 e. The molecule has 0 aromatic heterocycles. The van der Waals surface area contributed by atoms with Gasteiger partial charge in [0, 0.05) is 11.7 Å². The fourth-order valence-corrected chi connectivity index (χ4v) is 1.28. The van der Waals surface area contributed by atoms with E-state index in [1.165, 1.54) is 7.11 Å². The molecule has 0 fully saturated rings. The van der Waals surface area contributed by atoms with Crippen molar-refractivity contribution in [3.05, 3.63) is 29.8 Å². The van der Waals surface area contributed by atoms with Gasteiger partial charge < -0.3 is 10.1 Å². The van der Waals surface area contributed by atoms with Gasteiger partial charge in [0.25, 0.3) is 0 Å². The van der Waals surface area contributed by atoms with Gasteiger partial charge in [0.1, 0.15) is 0 Å². The maximum atomic E-state index is 11.3. The molecule has 1 N–H and O–H groups in total. The molecule has 0 spiro atoms. The number of rotatable bonds is 4. The monoisotopic (exact) mass is 221 g/mol. The van der Waals surface area contributed by atoms with Crippen LogP contribution in [-0.2, 0) is 4.74 Å². The number of methoxy groups -OCH3 is 1. The van der Waals surface area contributed by atoms with Gasteiger partial charge in [-0.05, 0) is 31.0 Å². The van der Waals surface area contributed by atoms with Gasteiger partial charge in [-0.25, -0.2) is 4.79 Å². The van der Waals surface area contributed by atoms with Gasteiger partial charge in [-0.1, -0.05) is 19.9 Å². The molecule has 0 amide bonds. The summed E-state index contributed by atoms with van der Waals surface area (Å²) >= 11 is 0. The van der Waals surface area contributed by atoms with E-state index in [2.05, 4.69) is 30.8 Å². The van der Waals surface area contributed by atoms with E-state index in [0.29, 0.717) is 17.5 Å². The molecule has 0 bridgehead atoms. The molecule has 16 heavy (non-hydrogen) atoms. The zero-order valence-electron chi connectivity index (χ0n) is 10.3. The number of benzene rings is 1. The Morgan fingerprint density at radius 3 is 2.56 bits per heavy atom. The number of hydrogen-bond acceptors (Lipinski definition) is 3. The minimum atomic E-state index is -0.305. The first-order valence-corrected chi connectivity index (χ1v) is 5.49. The number of carbonyl (C=O) groups is 1. The van der Waals surface area contributed by atoms with Crippen LogP contribution in [0.3, 0.4) is 0 Å². The molecule has 1 atom stereocenters. The second-order valence-electron chi connectivity index (χ2n) is 4.25. The molecule has 1 aromatic rings. The van der Waals surface area contributed by atoms with Crippen LogP contribution in [0, 0.1) is 5.92 Å². The molecule has 1 rings (SSSR count). The van der Waals surface area contributed by atoms with Gasteiger partial charge in [-0.3, -0.25) is 0 Å². The van der Waals surface area contributed by atoms with Crippen molar-refractivity contribution in [1.82, 2.24) is 0 Å². The van der Waals surface area contributed by atoms with Gasteiger partial charge in [-0.15, -0.1) is 0 Å². The van der Waals surface area contributed by atoms with Crippen LogP contribution in [0.1, 0.15) is 31.1 Å². The van der Waals surface area contributed by atoms with Crippen LogP contribution in [0.4, 0.5) is 5.69 Å². The Kier molecular flexibility index (Phi) is 4.35.